The van der Waals surface area contributed by atoms with E-state index in [4.69, 9.17) is 0 Å². The molecule has 1 aromatic carbocycles. The first-order valence-corrected chi connectivity index (χ1v) is 10.9. The lowest BCUT2D eigenvalue weighted by molar-refractivity contribution is -0.139. The standard InChI is InChI=1S/C21H28N2O3S/c24-19(22-18-9-5-2-6-10-18)14-23(12-11-16-7-3-1-4-8-16)21(26)17-13-20(25)27-15-17/h1,3-4,7-8,17-18H,2,5-6,9-15H2,(H,22,24)/t17-/m0/s1. The van der Waals surface area contributed by atoms with Gasteiger partial charge in [0.15, 0.2) is 5.12 Å². The number of hydrogen-bond acceptors (Lipinski definition) is 4. The van der Waals surface area contributed by atoms with Gasteiger partial charge in [-0.15, -0.1) is 0 Å². The maximum atomic E-state index is 12.9. The lowest BCUT2D eigenvalue weighted by Crippen LogP contribution is -2.47. The molecular weight excluding hydrogens is 360 g/mol. The number of amides is 2. The molecule has 1 aromatic rings. The fourth-order valence-corrected chi connectivity index (χ4v) is 4.77. The Morgan fingerprint density at radius 3 is 2.52 bits per heavy atom. The van der Waals surface area contributed by atoms with E-state index in [1.54, 1.807) is 4.90 Å². The zero-order chi connectivity index (χ0) is 19.1. The van der Waals surface area contributed by atoms with Crippen molar-refractivity contribution in [2.75, 3.05) is 18.8 Å². The summed E-state index contributed by atoms with van der Waals surface area (Å²) in [6, 6.07) is 10.2. The van der Waals surface area contributed by atoms with Crippen molar-refractivity contribution >= 4 is 28.7 Å². The van der Waals surface area contributed by atoms with Crippen molar-refractivity contribution in [3.8, 4) is 0 Å². The number of carbonyl (C=O) groups excluding carboxylic acids is 3. The van der Waals surface area contributed by atoms with Crippen molar-refractivity contribution in [3.05, 3.63) is 35.9 Å². The normalized spacial score (nSPS) is 20.4. The molecular formula is C21H28N2O3S. The molecule has 1 aliphatic heterocycles. The van der Waals surface area contributed by atoms with Crippen molar-refractivity contribution in [2.24, 2.45) is 5.92 Å². The summed E-state index contributed by atoms with van der Waals surface area (Å²) in [6.07, 6.45) is 6.59. The maximum Gasteiger partial charge on any atom is 0.239 e. The highest BCUT2D eigenvalue weighted by Crippen LogP contribution is 2.27. The second kappa shape index (κ2) is 9.93. The van der Waals surface area contributed by atoms with E-state index < -0.39 is 0 Å². The van der Waals surface area contributed by atoms with Gasteiger partial charge in [0.2, 0.25) is 11.8 Å². The minimum absolute atomic E-state index is 0.0666. The first-order valence-electron chi connectivity index (χ1n) is 9.89. The van der Waals surface area contributed by atoms with Crippen LogP contribution in [0.25, 0.3) is 0 Å². The van der Waals surface area contributed by atoms with Gasteiger partial charge in [0.25, 0.3) is 0 Å². The molecule has 3 rings (SSSR count). The third-order valence-electron chi connectivity index (χ3n) is 5.34. The Bertz CT molecular complexity index is 659. The zero-order valence-corrected chi connectivity index (χ0v) is 16.5. The summed E-state index contributed by atoms with van der Waals surface area (Å²) in [5, 5.41) is 3.17. The number of thioether (sulfide) groups is 1. The van der Waals surface area contributed by atoms with Crippen LogP contribution in [0.5, 0.6) is 0 Å². The van der Waals surface area contributed by atoms with E-state index in [0.29, 0.717) is 18.7 Å². The summed E-state index contributed by atoms with van der Waals surface area (Å²) in [5.74, 6) is 0.0909. The molecule has 0 unspecified atom stereocenters. The smallest absolute Gasteiger partial charge is 0.239 e. The third-order valence-corrected chi connectivity index (χ3v) is 6.40. The second-order valence-electron chi connectivity index (χ2n) is 7.48. The van der Waals surface area contributed by atoms with Gasteiger partial charge in [-0.1, -0.05) is 61.4 Å². The summed E-state index contributed by atoms with van der Waals surface area (Å²) in [6.45, 7) is 0.577. The maximum absolute atomic E-state index is 12.9. The highest BCUT2D eigenvalue weighted by molar-refractivity contribution is 8.14. The first kappa shape index (κ1) is 19.9. The number of benzene rings is 1. The third kappa shape index (κ3) is 6.09. The molecule has 1 saturated heterocycles. The van der Waals surface area contributed by atoms with Gasteiger partial charge in [-0.2, -0.15) is 0 Å². The molecule has 1 atom stereocenters. The van der Waals surface area contributed by atoms with Crippen LogP contribution >= 0.6 is 11.8 Å². The predicted octanol–water partition coefficient (Wildman–Crippen LogP) is 2.79. The average molecular weight is 389 g/mol. The summed E-state index contributed by atoms with van der Waals surface area (Å²) >= 11 is 1.23. The Morgan fingerprint density at radius 1 is 1.11 bits per heavy atom. The van der Waals surface area contributed by atoms with E-state index in [1.807, 2.05) is 30.3 Å². The van der Waals surface area contributed by atoms with Gasteiger partial charge in [0, 0.05) is 24.8 Å². The molecule has 1 heterocycles. The van der Waals surface area contributed by atoms with Crippen LogP contribution in [0.2, 0.25) is 0 Å². The summed E-state index contributed by atoms with van der Waals surface area (Å²) in [7, 11) is 0. The van der Waals surface area contributed by atoms with Gasteiger partial charge < -0.3 is 10.2 Å². The summed E-state index contributed by atoms with van der Waals surface area (Å²) in [4.78, 5) is 38.7. The molecule has 146 valence electrons. The molecule has 0 radical (unpaired) electrons. The lowest BCUT2D eigenvalue weighted by Gasteiger charge is -2.27. The molecule has 5 nitrogen and oxygen atoms in total. The van der Waals surface area contributed by atoms with E-state index >= 15 is 0 Å². The van der Waals surface area contributed by atoms with E-state index in [9.17, 15) is 14.4 Å². The van der Waals surface area contributed by atoms with Gasteiger partial charge in [-0.05, 0) is 24.8 Å². The van der Waals surface area contributed by atoms with Gasteiger partial charge in [0.1, 0.15) is 0 Å². The Labute approximate surface area is 165 Å². The van der Waals surface area contributed by atoms with E-state index in [0.717, 1.165) is 31.2 Å². The minimum Gasteiger partial charge on any atom is -0.352 e. The number of hydrogen-bond donors (Lipinski definition) is 1. The van der Waals surface area contributed by atoms with Gasteiger partial charge in [-0.25, -0.2) is 0 Å². The Kier molecular flexibility index (Phi) is 7.33. The number of carbonyl (C=O) groups is 3. The van der Waals surface area contributed by atoms with E-state index in [2.05, 4.69) is 5.32 Å². The van der Waals surface area contributed by atoms with Gasteiger partial charge in [0.05, 0.1) is 12.5 Å². The van der Waals surface area contributed by atoms with Crippen LogP contribution in [-0.2, 0) is 20.8 Å². The molecule has 1 saturated carbocycles. The molecule has 0 aromatic heterocycles. The van der Waals surface area contributed by atoms with Crippen LogP contribution in [0.15, 0.2) is 30.3 Å². The molecule has 6 heteroatoms. The monoisotopic (exact) mass is 388 g/mol. The number of nitrogens with one attached hydrogen (secondary N) is 1. The number of rotatable bonds is 7. The Morgan fingerprint density at radius 2 is 1.85 bits per heavy atom. The molecule has 0 spiro atoms. The van der Waals surface area contributed by atoms with Crippen molar-refractivity contribution in [2.45, 2.75) is 51.0 Å². The fraction of sp³-hybridized carbons (Fsp3) is 0.571. The van der Waals surface area contributed by atoms with Crippen LogP contribution in [0.4, 0.5) is 0 Å². The Hall–Kier alpha value is -1.82. The predicted molar refractivity (Wildman–Crippen MR) is 107 cm³/mol. The van der Waals surface area contributed by atoms with Crippen molar-refractivity contribution < 1.29 is 14.4 Å². The summed E-state index contributed by atoms with van der Waals surface area (Å²) in [5.41, 5.74) is 1.14. The van der Waals surface area contributed by atoms with Crippen molar-refractivity contribution in [3.63, 3.8) is 0 Å². The topological polar surface area (TPSA) is 66.5 Å². The fourth-order valence-electron chi connectivity index (χ4n) is 3.80. The van der Waals surface area contributed by atoms with Crippen LogP contribution in [0.1, 0.15) is 44.1 Å². The zero-order valence-electron chi connectivity index (χ0n) is 15.7. The van der Waals surface area contributed by atoms with Crippen LogP contribution in [0.3, 0.4) is 0 Å². The second-order valence-corrected chi connectivity index (χ2v) is 8.56. The molecule has 27 heavy (non-hydrogen) atoms. The van der Waals surface area contributed by atoms with Crippen LogP contribution in [0, 0.1) is 5.92 Å². The van der Waals surface area contributed by atoms with Crippen LogP contribution < -0.4 is 5.32 Å². The molecule has 0 bridgehead atoms. The quantitative estimate of drug-likeness (QED) is 0.780. The minimum atomic E-state index is -0.291. The summed E-state index contributed by atoms with van der Waals surface area (Å²) < 4.78 is 0. The molecule has 2 aliphatic rings. The van der Waals surface area contributed by atoms with Crippen LogP contribution in [-0.4, -0.2) is 46.7 Å². The molecule has 2 fully saturated rings. The van der Waals surface area contributed by atoms with Gasteiger partial charge >= 0.3 is 0 Å². The average Bonchev–Trinajstić information content (AvgIpc) is 3.12. The highest BCUT2D eigenvalue weighted by atomic mass is 32.2. The van der Waals surface area contributed by atoms with E-state index in [1.165, 1.54) is 18.2 Å². The largest absolute Gasteiger partial charge is 0.352 e. The van der Waals surface area contributed by atoms with E-state index in [-0.39, 0.29) is 41.9 Å². The molecule has 2 amide bonds. The molecule has 1 N–H and O–H groups in total. The Balaban J connectivity index is 1.59. The molecule has 1 aliphatic carbocycles. The van der Waals surface area contributed by atoms with Crippen molar-refractivity contribution in [1.29, 1.82) is 0 Å². The lowest BCUT2D eigenvalue weighted by atomic mass is 9.95. The SMILES string of the molecule is O=C(CN(CCc1ccccc1)C(=O)[C@@H]1CSC(=O)C1)NC1CCCCC1. The first-order chi connectivity index (χ1) is 13.1. The van der Waals surface area contributed by atoms with Gasteiger partial charge in [-0.3, -0.25) is 14.4 Å². The van der Waals surface area contributed by atoms with Crippen molar-refractivity contribution in [1.82, 2.24) is 10.2 Å². The highest BCUT2D eigenvalue weighted by Gasteiger charge is 2.33. The number of nitrogens with zero attached hydrogens (tertiary/aromatic N) is 1.